The molecule has 2 saturated carbocycles. The molecule has 0 aromatic rings. The fourth-order valence-electron chi connectivity index (χ4n) is 2.62. The molecule has 2 aliphatic carbocycles. The fourth-order valence-corrected chi connectivity index (χ4v) is 2.69. The van der Waals surface area contributed by atoms with Crippen LogP contribution in [0.2, 0.25) is 0 Å². The summed E-state index contributed by atoms with van der Waals surface area (Å²) in [6.07, 6.45) is 5.40. The van der Waals surface area contributed by atoms with E-state index in [1.807, 2.05) is 0 Å². The largest absolute Gasteiger partial charge is 0.386 e. The van der Waals surface area contributed by atoms with Gasteiger partial charge in [-0.3, -0.25) is 4.99 Å². The van der Waals surface area contributed by atoms with Crippen LogP contribution in [-0.4, -0.2) is 17.8 Å². The van der Waals surface area contributed by atoms with Gasteiger partial charge < -0.3 is 5.73 Å². The molecule has 2 aliphatic rings. The quantitative estimate of drug-likeness (QED) is 0.399. The zero-order valence-corrected chi connectivity index (χ0v) is 7.93. The molecular formula is C9H15ClN2. The lowest BCUT2D eigenvalue weighted by Crippen LogP contribution is -2.21. The Hall–Kier alpha value is -0.240. The first-order valence-electron chi connectivity index (χ1n) is 4.67. The van der Waals surface area contributed by atoms with E-state index in [1.165, 1.54) is 25.7 Å². The summed E-state index contributed by atoms with van der Waals surface area (Å²) < 4.78 is 0. The standard InChI is InChI=1S/C9H15ClN2/c10-5-9(11)12-8-4-6-1-2-7(8)3-6/h6-8H,1-5H2,(H2,11,12)/t6-,7+,8-/m1/s1. The summed E-state index contributed by atoms with van der Waals surface area (Å²) in [5.41, 5.74) is 5.60. The highest BCUT2D eigenvalue weighted by molar-refractivity contribution is 6.27. The van der Waals surface area contributed by atoms with Gasteiger partial charge in [-0.1, -0.05) is 6.42 Å². The second kappa shape index (κ2) is 3.25. The van der Waals surface area contributed by atoms with Crippen LogP contribution in [0.15, 0.2) is 4.99 Å². The van der Waals surface area contributed by atoms with Crippen molar-refractivity contribution < 1.29 is 0 Å². The van der Waals surface area contributed by atoms with E-state index in [9.17, 15) is 0 Å². The maximum atomic E-state index is 5.60. The van der Waals surface area contributed by atoms with Gasteiger partial charge in [-0.2, -0.15) is 0 Å². The number of aliphatic imine (C=N–C) groups is 1. The van der Waals surface area contributed by atoms with Crippen LogP contribution in [0, 0.1) is 11.8 Å². The number of nitrogens with zero attached hydrogens (tertiary/aromatic N) is 1. The summed E-state index contributed by atoms with van der Waals surface area (Å²) >= 11 is 5.58. The van der Waals surface area contributed by atoms with Crippen molar-refractivity contribution in [3.8, 4) is 0 Å². The smallest absolute Gasteiger partial charge is 0.109 e. The zero-order valence-electron chi connectivity index (χ0n) is 7.17. The summed E-state index contributed by atoms with van der Waals surface area (Å²) in [5, 5.41) is 0. The Labute approximate surface area is 78.2 Å². The number of alkyl halides is 1. The second-order valence-electron chi connectivity index (χ2n) is 4.00. The molecule has 0 unspecified atom stereocenters. The van der Waals surface area contributed by atoms with E-state index in [-0.39, 0.29) is 0 Å². The monoisotopic (exact) mass is 186 g/mol. The molecule has 0 saturated heterocycles. The number of fused-ring (bicyclic) bond motifs is 2. The molecule has 0 aromatic heterocycles. The van der Waals surface area contributed by atoms with Gasteiger partial charge in [-0.05, 0) is 31.1 Å². The molecular weight excluding hydrogens is 172 g/mol. The fraction of sp³-hybridized carbons (Fsp3) is 0.889. The maximum absolute atomic E-state index is 5.60. The molecule has 3 heteroatoms. The molecule has 2 rings (SSSR count). The summed E-state index contributed by atoms with van der Waals surface area (Å²) in [4.78, 5) is 4.44. The minimum atomic E-state index is 0.383. The third kappa shape index (κ3) is 1.45. The summed E-state index contributed by atoms with van der Waals surface area (Å²) in [5.74, 6) is 2.76. The number of halogens is 1. The maximum Gasteiger partial charge on any atom is 0.109 e. The van der Waals surface area contributed by atoms with E-state index in [0.717, 1.165) is 11.8 Å². The molecule has 3 atom stereocenters. The molecule has 0 amide bonds. The van der Waals surface area contributed by atoms with Crippen LogP contribution in [0.3, 0.4) is 0 Å². The number of hydrogen-bond acceptors (Lipinski definition) is 1. The average molecular weight is 187 g/mol. The summed E-state index contributed by atoms with van der Waals surface area (Å²) in [6.45, 7) is 0. The van der Waals surface area contributed by atoms with Gasteiger partial charge in [0.05, 0.1) is 11.9 Å². The first-order chi connectivity index (χ1) is 5.79. The molecule has 12 heavy (non-hydrogen) atoms. The lowest BCUT2D eigenvalue weighted by Gasteiger charge is -2.17. The van der Waals surface area contributed by atoms with Gasteiger partial charge in [0, 0.05) is 0 Å². The topological polar surface area (TPSA) is 38.4 Å². The highest BCUT2D eigenvalue weighted by Crippen LogP contribution is 2.45. The van der Waals surface area contributed by atoms with E-state index in [2.05, 4.69) is 4.99 Å². The first kappa shape index (κ1) is 8.36. The van der Waals surface area contributed by atoms with E-state index in [0.29, 0.717) is 17.8 Å². The van der Waals surface area contributed by atoms with E-state index in [4.69, 9.17) is 17.3 Å². The van der Waals surface area contributed by atoms with Crippen molar-refractivity contribution in [2.45, 2.75) is 31.7 Å². The van der Waals surface area contributed by atoms with Gasteiger partial charge in [0.25, 0.3) is 0 Å². The molecule has 68 valence electrons. The van der Waals surface area contributed by atoms with Crippen molar-refractivity contribution in [1.82, 2.24) is 0 Å². The Morgan fingerprint density at radius 3 is 2.75 bits per heavy atom. The number of amidine groups is 1. The Bertz CT molecular complexity index is 203. The van der Waals surface area contributed by atoms with Crippen molar-refractivity contribution in [1.29, 1.82) is 0 Å². The first-order valence-corrected chi connectivity index (χ1v) is 5.21. The van der Waals surface area contributed by atoms with Crippen LogP contribution in [0.1, 0.15) is 25.7 Å². The third-order valence-electron chi connectivity index (χ3n) is 3.17. The molecule has 0 spiro atoms. The van der Waals surface area contributed by atoms with Crippen LogP contribution in [0.5, 0.6) is 0 Å². The predicted octanol–water partition coefficient (Wildman–Crippen LogP) is 1.77. The van der Waals surface area contributed by atoms with Crippen molar-refractivity contribution in [3.63, 3.8) is 0 Å². The van der Waals surface area contributed by atoms with Crippen molar-refractivity contribution in [2.24, 2.45) is 22.6 Å². The minimum Gasteiger partial charge on any atom is -0.386 e. The van der Waals surface area contributed by atoms with Gasteiger partial charge in [-0.15, -0.1) is 11.6 Å². The van der Waals surface area contributed by atoms with Crippen molar-refractivity contribution >= 4 is 17.4 Å². The van der Waals surface area contributed by atoms with Crippen molar-refractivity contribution in [2.75, 3.05) is 5.88 Å². The number of rotatable bonds is 2. The SMILES string of the molecule is NC(CCl)=N[C@@H]1C[C@@H]2CC[C@H]1C2. The zero-order chi connectivity index (χ0) is 8.55. The minimum absolute atomic E-state index is 0.383. The number of nitrogens with two attached hydrogens (primary N) is 1. The van der Waals surface area contributed by atoms with Gasteiger partial charge in [0.1, 0.15) is 5.84 Å². The lowest BCUT2D eigenvalue weighted by molar-refractivity contribution is 0.420. The second-order valence-corrected chi connectivity index (χ2v) is 4.26. The third-order valence-corrected chi connectivity index (χ3v) is 3.44. The molecule has 2 bridgehead atoms. The summed E-state index contributed by atoms with van der Waals surface area (Å²) in [7, 11) is 0. The lowest BCUT2D eigenvalue weighted by atomic mass is 9.96. The van der Waals surface area contributed by atoms with Crippen molar-refractivity contribution in [3.05, 3.63) is 0 Å². The Morgan fingerprint density at radius 2 is 2.25 bits per heavy atom. The molecule has 0 radical (unpaired) electrons. The highest BCUT2D eigenvalue weighted by Gasteiger charge is 2.39. The van der Waals surface area contributed by atoms with Crippen LogP contribution >= 0.6 is 11.6 Å². The van der Waals surface area contributed by atoms with E-state index < -0.39 is 0 Å². The molecule has 2 nitrogen and oxygen atoms in total. The molecule has 0 heterocycles. The van der Waals surface area contributed by atoms with E-state index in [1.54, 1.807) is 0 Å². The van der Waals surface area contributed by atoms with Gasteiger partial charge in [0.15, 0.2) is 0 Å². The molecule has 0 aromatic carbocycles. The van der Waals surface area contributed by atoms with Gasteiger partial charge in [0.2, 0.25) is 0 Å². The highest BCUT2D eigenvalue weighted by atomic mass is 35.5. The molecule has 2 fully saturated rings. The average Bonchev–Trinajstić information content (AvgIpc) is 2.64. The normalized spacial score (nSPS) is 40.8. The Balaban J connectivity index is 1.98. The van der Waals surface area contributed by atoms with Gasteiger partial charge >= 0.3 is 0 Å². The van der Waals surface area contributed by atoms with Gasteiger partial charge in [-0.25, -0.2) is 0 Å². The molecule has 0 aliphatic heterocycles. The number of hydrogen-bond donors (Lipinski definition) is 1. The van der Waals surface area contributed by atoms with Crippen LogP contribution in [-0.2, 0) is 0 Å². The summed E-state index contributed by atoms with van der Waals surface area (Å²) in [6, 6.07) is 0.502. The predicted molar refractivity (Wildman–Crippen MR) is 51.6 cm³/mol. The van der Waals surface area contributed by atoms with Crippen LogP contribution in [0.25, 0.3) is 0 Å². The Morgan fingerprint density at radius 1 is 1.42 bits per heavy atom. The van der Waals surface area contributed by atoms with Crippen LogP contribution < -0.4 is 5.73 Å². The van der Waals surface area contributed by atoms with E-state index >= 15 is 0 Å². The molecule has 2 N–H and O–H groups in total. The Kier molecular flexibility index (Phi) is 2.26. The van der Waals surface area contributed by atoms with Crippen LogP contribution in [0.4, 0.5) is 0 Å².